The Morgan fingerprint density at radius 3 is 2.21 bits per heavy atom. The van der Waals surface area contributed by atoms with Gasteiger partial charge in [-0.05, 0) is 61.1 Å². The summed E-state index contributed by atoms with van der Waals surface area (Å²) in [6.07, 6.45) is 4.86. The van der Waals surface area contributed by atoms with Crippen molar-refractivity contribution in [1.29, 1.82) is 0 Å². The maximum Gasteiger partial charge on any atom is 0.181 e. The summed E-state index contributed by atoms with van der Waals surface area (Å²) >= 11 is 0. The van der Waals surface area contributed by atoms with Gasteiger partial charge in [-0.25, -0.2) is 8.42 Å². The molecule has 1 aliphatic carbocycles. The largest absolute Gasteiger partial charge is 0.328 e. The van der Waals surface area contributed by atoms with Gasteiger partial charge in [-0.15, -0.1) is 22.6 Å². The van der Waals surface area contributed by atoms with Crippen molar-refractivity contribution < 1.29 is 8.42 Å². The van der Waals surface area contributed by atoms with Crippen LogP contribution in [0, 0.1) is 0 Å². The summed E-state index contributed by atoms with van der Waals surface area (Å²) in [6, 6.07) is 11.3. The summed E-state index contributed by atoms with van der Waals surface area (Å²) in [4.78, 5) is 0.393. The van der Waals surface area contributed by atoms with Gasteiger partial charge in [0.05, 0.1) is 10.1 Å². The van der Waals surface area contributed by atoms with Crippen LogP contribution in [0.15, 0.2) is 47.5 Å². The Morgan fingerprint density at radius 2 is 1.59 bits per heavy atom. The Hall–Kier alpha value is -1.96. The number of nitrogens with two attached hydrogens (primary N) is 1. The van der Waals surface area contributed by atoms with Gasteiger partial charge in [-0.2, -0.15) is 0 Å². The molecule has 1 aromatic carbocycles. The summed E-state index contributed by atoms with van der Waals surface area (Å²) in [5.74, 6) is 1.17. The molecule has 8 heteroatoms. The molecule has 0 aliphatic heterocycles. The van der Waals surface area contributed by atoms with E-state index >= 15 is 0 Å². The van der Waals surface area contributed by atoms with E-state index in [1.54, 1.807) is 12.1 Å². The zero-order valence-electron chi connectivity index (χ0n) is 16.7. The standard InChI is InChI=1S/C21H26N4O2S.ClH/c1-14(2)21-24-23-20-12-5-16(13-25(20)21)15-3-8-18(9-4-15)28(26,27)19-10-6-17(22)7-11-19;/h3-5,8-9,12-14,17,19H,6-7,10-11,22H2,1-2H3;1H. The molecule has 1 aliphatic rings. The van der Waals surface area contributed by atoms with Gasteiger partial charge in [-0.1, -0.05) is 26.0 Å². The Bertz CT molecular complexity index is 1090. The summed E-state index contributed by atoms with van der Waals surface area (Å²) in [6.45, 7) is 4.17. The summed E-state index contributed by atoms with van der Waals surface area (Å²) in [5, 5.41) is 8.14. The van der Waals surface area contributed by atoms with E-state index in [4.69, 9.17) is 5.73 Å². The van der Waals surface area contributed by atoms with E-state index in [1.165, 1.54) is 0 Å². The molecule has 3 aromatic rings. The van der Waals surface area contributed by atoms with E-state index in [9.17, 15) is 8.42 Å². The average molecular weight is 435 g/mol. The summed E-state index contributed by atoms with van der Waals surface area (Å²) in [7, 11) is -3.31. The Kier molecular flexibility index (Phi) is 6.31. The van der Waals surface area contributed by atoms with Gasteiger partial charge >= 0.3 is 0 Å². The van der Waals surface area contributed by atoms with Crippen LogP contribution in [0.5, 0.6) is 0 Å². The van der Waals surface area contributed by atoms with E-state index in [-0.39, 0.29) is 29.6 Å². The lowest BCUT2D eigenvalue weighted by molar-refractivity contribution is 0.434. The normalized spacial score (nSPS) is 20.0. The average Bonchev–Trinajstić information content (AvgIpc) is 3.12. The quantitative estimate of drug-likeness (QED) is 0.670. The molecule has 1 saturated carbocycles. The molecular formula is C21H27ClN4O2S. The van der Waals surface area contributed by atoms with Crippen LogP contribution in [0.1, 0.15) is 51.3 Å². The fourth-order valence-electron chi connectivity index (χ4n) is 3.90. The third-order valence-corrected chi connectivity index (χ3v) is 7.90. The number of benzene rings is 1. The minimum atomic E-state index is -3.31. The number of pyridine rings is 1. The number of hydrogen-bond donors (Lipinski definition) is 1. The smallest absolute Gasteiger partial charge is 0.181 e. The first-order valence-corrected chi connectivity index (χ1v) is 11.4. The van der Waals surface area contributed by atoms with E-state index in [2.05, 4.69) is 24.0 Å². The van der Waals surface area contributed by atoms with E-state index in [0.29, 0.717) is 17.7 Å². The molecule has 0 unspecified atom stereocenters. The maximum atomic E-state index is 12.9. The topological polar surface area (TPSA) is 90.3 Å². The van der Waals surface area contributed by atoms with Gasteiger partial charge in [0, 0.05) is 18.2 Å². The zero-order valence-corrected chi connectivity index (χ0v) is 18.3. The minimum absolute atomic E-state index is 0. The van der Waals surface area contributed by atoms with Crippen LogP contribution in [0.3, 0.4) is 0 Å². The maximum absolute atomic E-state index is 12.9. The van der Waals surface area contributed by atoms with Gasteiger partial charge in [0.1, 0.15) is 5.82 Å². The van der Waals surface area contributed by atoms with Crippen LogP contribution in [0.2, 0.25) is 0 Å². The minimum Gasteiger partial charge on any atom is -0.328 e. The van der Waals surface area contributed by atoms with Gasteiger partial charge in [-0.3, -0.25) is 4.40 Å². The molecule has 0 amide bonds. The predicted molar refractivity (Wildman–Crippen MR) is 117 cm³/mol. The third kappa shape index (κ3) is 4.17. The Morgan fingerprint density at radius 1 is 0.966 bits per heavy atom. The molecule has 29 heavy (non-hydrogen) atoms. The first kappa shape index (κ1) is 21.7. The van der Waals surface area contributed by atoms with E-state index < -0.39 is 9.84 Å². The first-order chi connectivity index (χ1) is 13.4. The molecule has 1 fully saturated rings. The van der Waals surface area contributed by atoms with Crippen LogP contribution in [0.4, 0.5) is 0 Å². The van der Waals surface area contributed by atoms with Crippen molar-refractivity contribution in [3.05, 3.63) is 48.4 Å². The van der Waals surface area contributed by atoms with Crippen molar-refractivity contribution in [2.75, 3.05) is 0 Å². The SMILES string of the molecule is CC(C)c1nnc2ccc(-c3ccc(S(=O)(=O)C4CCC(N)CC4)cc3)cn12.Cl. The molecule has 2 aromatic heterocycles. The van der Waals surface area contributed by atoms with E-state index in [1.807, 2.05) is 34.9 Å². The lowest BCUT2D eigenvalue weighted by atomic mass is 9.96. The van der Waals surface area contributed by atoms with Gasteiger partial charge in [0.2, 0.25) is 0 Å². The van der Waals surface area contributed by atoms with Crippen molar-refractivity contribution in [3.8, 4) is 11.1 Å². The second-order valence-electron chi connectivity index (χ2n) is 7.97. The lowest BCUT2D eigenvalue weighted by Crippen LogP contribution is -2.33. The number of sulfone groups is 1. The highest BCUT2D eigenvalue weighted by Gasteiger charge is 2.31. The zero-order chi connectivity index (χ0) is 19.9. The van der Waals surface area contributed by atoms with Crippen LogP contribution in [0.25, 0.3) is 16.8 Å². The lowest BCUT2D eigenvalue weighted by Gasteiger charge is -2.25. The fourth-order valence-corrected chi connectivity index (χ4v) is 5.69. The second-order valence-corrected chi connectivity index (χ2v) is 10.2. The van der Waals surface area contributed by atoms with Crippen LogP contribution < -0.4 is 5.73 Å². The first-order valence-electron chi connectivity index (χ1n) is 9.81. The van der Waals surface area contributed by atoms with E-state index in [0.717, 1.165) is 35.4 Å². The van der Waals surface area contributed by atoms with Crippen molar-refractivity contribution >= 4 is 27.9 Å². The summed E-state index contributed by atoms with van der Waals surface area (Å²) in [5.41, 5.74) is 8.70. The third-order valence-electron chi connectivity index (χ3n) is 5.62. The molecule has 0 saturated heterocycles. The molecule has 0 spiro atoms. The Labute approximate surface area is 177 Å². The second kappa shape index (κ2) is 8.42. The number of halogens is 1. The molecule has 0 bridgehead atoms. The molecule has 2 N–H and O–H groups in total. The van der Waals surface area contributed by atoms with Crippen molar-refractivity contribution in [2.45, 2.75) is 61.6 Å². The fraction of sp³-hybridized carbons (Fsp3) is 0.429. The highest BCUT2D eigenvalue weighted by atomic mass is 35.5. The van der Waals surface area contributed by atoms with Gasteiger partial charge < -0.3 is 5.73 Å². The predicted octanol–water partition coefficient (Wildman–Crippen LogP) is 3.99. The van der Waals surface area contributed by atoms with Gasteiger partial charge in [0.25, 0.3) is 0 Å². The number of aromatic nitrogens is 3. The number of rotatable bonds is 4. The number of nitrogens with zero attached hydrogens (tertiary/aromatic N) is 3. The highest BCUT2D eigenvalue weighted by Crippen LogP contribution is 2.30. The van der Waals surface area contributed by atoms with Crippen molar-refractivity contribution in [1.82, 2.24) is 14.6 Å². The molecule has 4 rings (SSSR count). The molecule has 2 heterocycles. The van der Waals surface area contributed by atoms with Crippen molar-refractivity contribution in [3.63, 3.8) is 0 Å². The van der Waals surface area contributed by atoms with Crippen molar-refractivity contribution in [2.24, 2.45) is 5.73 Å². The van der Waals surface area contributed by atoms with Crippen LogP contribution in [-0.4, -0.2) is 34.3 Å². The number of hydrogen-bond acceptors (Lipinski definition) is 5. The highest BCUT2D eigenvalue weighted by molar-refractivity contribution is 7.92. The molecule has 6 nitrogen and oxygen atoms in total. The molecule has 0 radical (unpaired) electrons. The van der Waals surface area contributed by atoms with Crippen LogP contribution in [-0.2, 0) is 9.84 Å². The molecular weight excluding hydrogens is 408 g/mol. The molecule has 156 valence electrons. The molecule has 0 atom stereocenters. The Balaban J connectivity index is 0.00000240. The van der Waals surface area contributed by atoms with Gasteiger partial charge in [0.15, 0.2) is 15.5 Å². The number of fused-ring (bicyclic) bond motifs is 1. The summed E-state index contributed by atoms with van der Waals surface area (Å²) < 4.78 is 27.9. The van der Waals surface area contributed by atoms with Crippen LogP contribution >= 0.6 is 12.4 Å². The monoisotopic (exact) mass is 434 g/mol.